The molecule has 1 fully saturated rings. The molecule has 1 aliphatic rings. The topological polar surface area (TPSA) is 102 Å². The Morgan fingerprint density at radius 2 is 2.14 bits per heavy atom. The summed E-state index contributed by atoms with van der Waals surface area (Å²) in [6.45, 7) is 2.13. The fourth-order valence-corrected chi connectivity index (χ4v) is 3.02. The number of amides is 3. The van der Waals surface area contributed by atoms with Gasteiger partial charge in [-0.25, -0.2) is 9.48 Å². The molecule has 21 heavy (non-hydrogen) atoms. The minimum atomic E-state index is -0.421. The highest BCUT2D eigenvalue weighted by atomic mass is 32.2. The van der Waals surface area contributed by atoms with Crippen LogP contribution in [0.25, 0.3) is 0 Å². The van der Waals surface area contributed by atoms with Crippen LogP contribution in [0.5, 0.6) is 0 Å². The smallest absolute Gasteiger partial charge is 0.321 e. The molecule has 9 heteroatoms. The average Bonchev–Trinajstić information content (AvgIpc) is 2.84. The predicted octanol–water partition coefficient (Wildman–Crippen LogP) is 0.707. The third-order valence-corrected chi connectivity index (χ3v) is 4.61. The highest BCUT2D eigenvalue weighted by Gasteiger charge is 2.23. The van der Waals surface area contributed by atoms with Gasteiger partial charge in [-0.3, -0.25) is 10.1 Å². The Balaban J connectivity index is 1.72. The van der Waals surface area contributed by atoms with Gasteiger partial charge in [-0.2, -0.15) is 0 Å². The van der Waals surface area contributed by atoms with E-state index in [0.29, 0.717) is 11.1 Å². The number of tetrazole rings is 1. The molecule has 1 saturated carbocycles. The van der Waals surface area contributed by atoms with Gasteiger partial charge in [0.1, 0.15) is 0 Å². The number of urea groups is 1. The molecular formula is C12H20N6O2S. The Labute approximate surface area is 127 Å². The maximum atomic E-state index is 11.8. The summed E-state index contributed by atoms with van der Waals surface area (Å²) in [5.74, 6) is 0.199. The van der Waals surface area contributed by atoms with Gasteiger partial charge in [0.15, 0.2) is 0 Å². The first-order valence-corrected chi connectivity index (χ1v) is 8.00. The molecule has 3 amide bonds. The van der Waals surface area contributed by atoms with E-state index in [1.165, 1.54) is 22.9 Å². The lowest BCUT2D eigenvalue weighted by Crippen LogP contribution is -2.48. The Kier molecular flexibility index (Phi) is 5.54. The predicted molar refractivity (Wildman–Crippen MR) is 77.6 cm³/mol. The molecule has 2 N–H and O–H groups in total. The van der Waals surface area contributed by atoms with Gasteiger partial charge in [0.05, 0.1) is 5.75 Å². The number of nitrogens with zero attached hydrogens (tertiary/aromatic N) is 4. The first-order chi connectivity index (χ1) is 10.1. The van der Waals surface area contributed by atoms with E-state index in [1.54, 1.807) is 7.05 Å². The maximum Gasteiger partial charge on any atom is 0.321 e. The van der Waals surface area contributed by atoms with Crippen molar-refractivity contribution in [1.82, 2.24) is 30.8 Å². The third kappa shape index (κ3) is 4.69. The Morgan fingerprint density at radius 1 is 1.38 bits per heavy atom. The summed E-state index contributed by atoms with van der Waals surface area (Å²) in [5, 5.41) is 16.7. The molecule has 0 radical (unpaired) electrons. The van der Waals surface area contributed by atoms with Crippen LogP contribution in [0, 0.1) is 5.92 Å². The molecule has 1 aromatic rings. The quantitative estimate of drug-likeness (QED) is 0.794. The van der Waals surface area contributed by atoms with Gasteiger partial charge >= 0.3 is 6.03 Å². The van der Waals surface area contributed by atoms with E-state index in [9.17, 15) is 9.59 Å². The first kappa shape index (κ1) is 15.7. The summed E-state index contributed by atoms with van der Waals surface area (Å²) in [6.07, 6.45) is 4.43. The van der Waals surface area contributed by atoms with E-state index in [2.05, 4.69) is 33.1 Å². The minimum Gasteiger partial charge on any atom is -0.335 e. The third-order valence-electron chi connectivity index (χ3n) is 3.59. The fourth-order valence-electron chi connectivity index (χ4n) is 2.37. The lowest BCUT2D eigenvalue weighted by atomic mass is 9.86. The second-order valence-electron chi connectivity index (χ2n) is 5.26. The van der Waals surface area contributed by atoms with E-state index < -0.39 is 6.03 Å². The maximum absolute atomic E-state index is 11.8. The zero-order chi connectivity index (χ0) is 15.2. The Bertz CT molecular complexity index is 506. The van der Waals surface area contributed by atoms with E-state index in [4.69, 9.17) is 0 Å². The van der Waals surface area contributed by atoms with Gasteiger partial charge in [-0.15, -0.1) is 5.10 Å². The van der Waals surface area contributed by atoms with Crippen molar-refractivity contribution in [2.45, 2.75) is 43.8 Å². The number of imide groups is 1. The first-order valence-electron chi connectivity index (χ1n) is 7.01. The van der Waals surface area contributed by atoms with Gasteiger partial charge in [0, 0.05) is 13.1 Å². The molecule has 0 spiro atoms. The van der Waals surface area contributed by atoms with Crippen LogP contribution < -0.4 is 10.6 Å². The van der Waals surface area contributed by atoms with Crippen LogP contribution in [0.3, 0.4) is 0 Å². The van der Waals surface area contributed by atoms with Gasteiger partial charge in [0.25, 0.3) is 0 Å². The highest BCUT2D eigenvalue weighted by molar-refractivity contribution is 7.99. The average molecular weight is 312 g/mol. The number of aryl methyl sites for hydroxylation is 1. The van der Waals surface area contributed by atoms with Crippen LogP contribution in [-0.4, -0.2) is 43.9 Å². The van der Waals surface area contributed by atoms with E-state index >= 15 is 0 Å². The van der Waals surface area contributed by atoms with Crippen LogP contribution >= 0.6 is 11.8 Å². The number of rotatable bonds is 4. The number of thioether (sulfide) groups is 1. The molecule has 0 aliphatic heterocycles. The van der Waals surface area contributed by atoms with Crippen LogP contribution in [0.2, 0.25) is 0 Å². The summed E-state index contributed by atoms with van der Waals surface area (Å²) in [5.41, 5.74) is 0. The molecule has 1 aromatic heterocycles. The molecule has 0 unspecified atom stereocenters. The van der Waals surface area contributed by atoms with Gasteiger partial charge in [0.2, 0.25) is 11.1 Å². The van der Waals surface area contributed by atoms with Crippen LogP contribution in [0.4, 0.5) is 4.79 Å². The van der Waals surface area contributed by atoms with Crippen molar-refractivity contribution in [2.24, 2.45) is 13.0 Å². The molecule has 1 aliphatic carbocycles. The number of carbonyl (C=O) groups is 2. The summed E-state index contributed by atoms with van der Waals surface area (Å²) >= 11 is 1.19. The lowest BCUT2D eigenvalue weighted by Gasteiger charge is -2.29. The standard InChI is InChI=1S/C12H20N6O2S/c1-8-5-3-4-6-9(8)13-11(20)14-10(19)7-21-12-15-16-17-18(12)2/h8-9H,3-7H2,1-2H3,(H2,13,14,19,20)/t8-,9-/m1/s1. The number of hydrogen-bond acceptors (Lipinski definition) is 6. The molecule has 0 saturated heterocycles. The summed E-state index contributed by atoms with van der Waals surface area (Å²) in [6, 6.07) is -0.266. The molecule has 8 nitrogen and oxygen atoms in total. The second-order valence-corrected chi connectivity index (χ2v) is 6.21. The molecule has 1 heterocycles. The van der Waals surface area contributed by atoms with Crippen molar-refractivity contribution in [1.29, 1.82) is 0 Å². The normalized spacial score (nSPS) is 21.8. The van der Waals surface area contributed by atoms with E-state index in [0.717, 1.165) is 19.3 Å². The van der Waals surface area contributed by atoms with Crippen molar-refractivity contribution in [3.8, 4) is 0 Å². The van der Waals surface area contributed by atoms with Crippen molar-refractivity contribution in [3.05, 3.63) is 0 Å². The van der Waals surface area contributed by atoms with Crippen LogP contribution in [-0.2, 0) is 11.8 Å². The molecule has 0 bridgehead atoms. The van der Waals surface area contributed by atoms with Crippen molar-refractivity contribution in [3.63, 3.8) is 0 Å². The summed E-state index contributed by atoms with van der Waals surface area (Å²) in [4.78, 5) is 23.5. The van der Waals surface area contributed by atoms with Crippen LogP contribution in [0.15, 0.2) is 5.16 Å². The SMILES string of the molecule is C[C@@H]1CCCC[C@H]1NC(=O)NC(=O)CSc1nnnn1C. The molecule has 2 rings (SSSR count). The number of hydrogen-bond donors (Lipinski definition) is 2. The second kappa shape index (κ2) is 7.39. The van der Waals surface area contributed by atoms with E-state index in [1.807, 2.05) is 0 Å². The minimum absolute atomic E-state index is 0.0991. The molecule has 116 valence electrons. The number of aromatic nitrogens is 4. The lowest BCUT2D eigenvalue weighted by molar-refractivity contribution is -0.117. The Hall–Kier alpha value is -1.64. The summed E-state index contributed by atoms with van der Waals surface area (Å²) in [7, 11) is 1.69. The monoisotopic (exact) mass is 312 g/mol. The number of nitrogens with one attached hydrogen (secondary N) is 2. The Morgan fingerprint density at radius 3 is 2.81 bits per heavy atom. The number of carbonyl (C=O) groups excluding carboxylic acids is 2. The van der Waals surface area contributed by atoms with Gasteiger partial charge < -0.3 is 5.32 Å². The van der Waals surface area contributed by atoms with Gasteiger partial charge in [-0.05, 0) is 29.2 Å². The van der Waals surface area contributed by atoms with Gasteiger partial charge in [-0.1, -0.05) is 31.5 Å². The zero-order valence-corrected chi connectivity index (χ0v) is 13.0. The van der Waals surface area contributed by atoms with E-state index in [-0.39, 0.29) is 17.7 Å². The van der Waals surface area contributed by atoms with Crippen molar-refractivity contribution < 1.29 is 9.59 Å². The van der Waals surface area contributed by atoms with Crippen molar-refractivity contribution >= 4 is 23.7 Å². The fraction of sp³-hybridized carbons (Fsp3) is 0.750. The van der Waals surface area contributed by atoms with Crippen LogP contribution in [0.1, 0.15) is 32.6 Å². The highest BCUT2D eigenvalue weighted by Crippen LogP contribution is 2.23. The molecule has 0 aromatic carbocycles. The van der Waals surface area contributed by atoms with Crippen molar-refractivity contribution in [2.75, 3.05) is 5.75 Å². The molecule has 2 atom stereocenters. The summed E-state index contributed by atoms with van der Waals surface area (Å²) < 4.78 is 1.47. The zero-order valence-electron chi connectivity index (χ0n) is 12.2. The molecular weight excluding hydrogens is 292 g/mol. The largest absolute Gasteiger partial charge is 0.335 e.